The number of halogens is 2. The number of rotatable bonds is 10. The molecular formula is C28H35F2N3O4. The molecule has 0 heterocycles. The summed E-state index contributed by atoms with van der Waals surface area (Å²) in [7, 11) is 0. The van der Waals surface area contributed by atoms with Crippen molar-refractivity contribution in [3.63, 3.8) is 0 Å². The van der Waals surface area contributed by atoms with Gasteiger partial charge in [-0.2, -0.15) is 0 Å². The third kappa shape index (κ3) is 10.3. The molecule has 0 aliphatic rings. The number of nitrogens with one attached hydrogen (secondary N) is 3. The van der Waals surface area contributed by atoms with Gasteiger partial charge in [-0.05, 0) is 69.7 Å². The second-order valence-electron chi connectivity index (χ2n) is 9.70. The van der Waals surface area contributed by atoms with Gasteiger partial charge in [0.2, 0.25) is 0 Å². The van der Waals surface area contributed by atoms with Crippen LogP contribution in [-0.4, -0.2) is 47.2 Å². The molecule has 0 aliphatic heterocycles. The second kappa shape index (κ2) is 13.3. The van der Waals surface area contributed by atoms with Crippen LogP contribution >= 0.6 is 0 Å². The van der Waals surface area contributed by atoms with E-state index in [2.05, 4.69) is 22.5 Å². The smallest absolute Gasteiger partial charge is 0.268 e. The fourth-order valence-corrected chi connectivity index (χ4v) is 3.39. The number of benzene rings is 2. The van der Waals surface area contributed by atoms with Crippen molar-refractivity contribution in [2.45, 2.75) is 71.3 Å². The molecule has 0 spiro atoms. The summed E-state index contributed by atoms with van der Waals surface area (Å²) in [5.41, 5.74) is 3.64. The van der Waals surface area contributed by atoms with Crippen LogP contribution in [0.1, 0.15) is 68.1 Å². The number of carbonyl (C=O) groups is 2. The van der Waals surface area contributed by atoms with Gasteiger partial charge in [-0.15, -0.1) is 0 Å². The van der Waals surface area contributed by atoms with Gasteiger partial charge in [-0.1, -0.05) is 30.9 Å². The molecule has 2 amide bonds. The van der Waals surface area contributed by atoms with Gasteiger partial charge >= 0.3 is 0 Å². The normalized spacial score (nSPS) is 13.2. The van der Waals surface area contributed by atoms with Crippen LogP contribution in [0.15, 0.2) is 48.5 Å². The van der Waals surface area contributed by atoms with Gasteiger partial charge in [-0.25, -0.2) is 14.3 Å². The van der Waals surface area contributed by atoms with Crippen LogP contribution in [0.5, 0.6) is 0 Å². The Balaban J connectivity index is 1.99. The number of carbonyl (C=O) groups excluding carboxylic acids is 2. The van der Waals surface area contributed by atoms with Gasteiger partial charge in [0.15, 0.2) is 0 Å². The average molecular weight is 516 g/mol. The van der Waals surface area contributed by atoms with Crippen LogP contribution in [0.2, 0.25) is 0 Å². The minimum absolute atomic E-state index is 0.201. The molecule has 2 rings (SSSR count). The van der Waals surface area contributed by atoms with E-state index in [0.29, 0.717) is 17.7 Å². The van der Waals surface area contributed by atoms with Crippen molar-refractivity contribution in [2.24, 2.45) is 0 Å². The van der Waals surface area contributed by atoms with Gasteiger partial charge in [-0.3, -0.25) is 14.8 Å². The van der Waals surface area contributed by atoms with Gasteiger partial charge in [0.25, 0.3) is 17.7 Å². The van der Waals surface area contributed by atoms with Crippen molar-refractivity contribution >= 4 is 11.8 Å². The first-order chi connectivity index (χ1) is 17.3. The second-order valence-corrected chi connectivity index (χ2v) is 9.70. The molecule has 2 aromatic carbocycles. The first-order valence-corrected chi connectivity index (χ1v) is 12.1. The topological polar surface area (TPSA) is 99.7 Å². The lowest BCUT2D eigenvalue weighted by atomic mass is 10.1. The fourth-order valence-electron chi connectivity index (χ4n) is 3.39. The number of amides is 2. The minimum Gasteiger partial charge on any atom is -0.370 e. The molecule has 2 aromatic rings. The monoisotopic (exact) mass is 515 g/mol. The first-order valence-electron chi connectivity index (χ1n) is 12.1. The summed E-state index contributed by atoms with van der Waals surface area (Å²) in [6.07, 6.45) is -0.895. The molecule has 0 bridgehead atoms. The van der Waals surface area contributed by atoms with E-state index in [1.54, 1.807) is 36.7 Å². The van der Waals surface area contributed by atoms with E-state index in [-0.39, 0.29) is 13.0 Å². The molecule has 0 radical (unpaired) electrons. The van der Waals surface area contributed by atoms with Crippen LogP contribution < -0.4 is 16.1 Å². The molecule has 0 aromatic heterocycles. The zero-order chi connectivity index (χ0) is 27.6. The zero-order valence-electron chi connectivity index (χ0n) is 21.8. The predicted molar refractivity (Wildman–Crippen MR) is 137 cm³/mol. The van der Waals surface area contributed by atoms with Crippen LogP contribution in [0.3, 0.4) is 0 Å². The summed E-state index contributed by atoms with van der Waals surface area (Å²) in [5, 5.41) is 14.4. The Kier molecular flexibility index (Phi) is 10.7. The summed E-state index contributed by atoms with van der Waals surface area (Å²) >= 11 is 0. The van der Waals surface area contributed by atoms with E-state index in [1.807, 2.05) is 45.0 Å². The molecule has 7 nitrogen and oxygen atoms in total. The highest BCUT2D eigenvalue weighted by atomic mass is 19.3. The molecule has 200 valence electrons. The maximum Gasteiger partial charge on any atom is 0.268 e. The van der Waals surface area contributed by atoms with Gasteiger partial charge < -0.3 is 15.4 Å². The zero-order valence-corrected chi connectivity index (χ0v) is 21.8. The van der Waals surface area contributed by atoms with Crippen molar-refractivity contribution in [3.05, 3.63) is 70.8 Å². The molecule has 0 aliphatic carbocycles. The third-order valence-electron chi connectivity index (χ3n) is 5.37. The van der Waals surface area contributed by atoms with Crippen molar-refractivity contribution in [3.8, 4) is 11.8 Å². The molecule has 0 unspecified atom stereocenters. The molecular weight excluding hydrogens is 480 g/mol. The van der Waals surface area contributed by atoms with Crippen LogP contribution in [-0.2, 0) is 16.1 Å². The summed E-state index contributed by atoms with van der Waals surface area (Å²) in [4.78, 5) is 24.8. The Morgan fingerprint density at radius 1 is 1.00 bits per heavy atom. The molecule has 37 heavy (non-hydrogen) atoms. The number of hydrogen-bond acceptors (Lipinski definition) is 5. The Bertz CT molecular complexity index is 1100. The number of alkyl halides is 2. The largest absolute Gasteiger partial charge is 0.370 e. The van der Waals surface area contributed by atoms with E-state index < -0.39 is 35.5 Å². The third-order valence-corrected chi connectivity index (χ3v) is 5.37. The maximum atomic E-state index is 13.3. The highest BCUT2D eigenvalue weighted by Crippen LogP contribution is 2.16. The molecule has 9 heteroatoms. The van der Waals surface area contributed by atoms with E-state index in [9.17, 15) is 18.4 Å². The maximum absolute atomic E-state index is 13.3. The Labute approximate surface area is 216 Å². The quantitative estimate of drug-likeness (QED) is 0.218. The average Bonchev–Trinajstić information content (AvgIpc) is 2.85. The first kappa shape index (κ1) is 29.9. The van der Waals surface area contributed by atoms with Crippen molar-refractivity contribution in [1.82, 2.24) is 16.1 Å². The van der Waals surface area contributed by atoms with Crippen LogP contribution in [0, 0.1) is 11.8 Å². The highest BCUT2D eigenvalue weighted by Gasteiger charge is 2.30. The highest BCUT2D eigenvalue weighted by molar-refractivity contribution is 5.97. The van der Waals surface area contributed by atoms with Crippen LogP contribution in [0.4, 0.5) is 8.78 Å². The van der Waals surface area contributed by atoms with Crippen molar-refractivity contribution in [1.29, 1.82) is 0 Å². The fraction of sp³-hybridized carbons (Fsp3) is 0.429. The number of ether oxygens (including phenoxy) is 1. The van der Waals surface area contributed by atoms with E-state index in [0.717, 1.165) is 11.1 Å². The molecule has 0 saturated heterocycles. The Morgan fingerprint density at radius 3 is 2.03 bits per heavy atom. The predicted octanol–water partition coefficient (Wildman–Crippen LogP) is 4.03. The molecule has 4 N–H and O–H groups in total. The summed E-state index contributed by atoms with van der Waals surface area (Å²) in [5.74, 6) is 2.05. The van der Waals surface area contributed by atoms with Crippen LogP contribution in [0.25, 0.3) is 0 Å². The van der Waals surface area contributed by atoms with E-state index >= 15 is 0 Å². The number of hydroxylamine groups is 1. The SMILES string of the molecule is CCC(F)(F)CNCc1ccc(C#Cc2ccc(C(=O)N[C@H](C(=O)NO)[C@@H](C)OC(C)(C)C)cc2)cc1. The van der Waals surface area contributed by atoms with E-state index in [4.69, 9.17) is 9.94 Å². The molecule has 2 atom stereocenters. The van der Waals surface area contributed by atoms with Gasteiger partial charge in [0.05, 0.1) is 18.2 Å². The standard InChI is InChI=1S/C28H35F2N3O4/c1-6-28(29,30)18-31-17-22-11-9-20(10-12-22)7-8-21-13-15-23(16-14-21)25(34)32-24(26(35)33-36)19(2)37-27(3,4)5/h9-16,19,24,31,36H,6,17-18H2,1-5H3,(H,32,34)(H,33,35)/t19-,24+/m1/s1. The van der Waals surface area contributed by atoms with Gasteiger partial charge in [0.1, 0.15) is 6.04 Å². The summed E-state index contributed by atoms with van der Waals surface area (Å²) in [6.45, 7) is 8.54. The lowest BCUT2D eigenvalue weighted by Crippen LogP contribution is -2.53. The summed E-state index contributed by atoms with van der Waals surface area (Å²) < 4.78 is 32.4. The van der Waals surface area contributed by atoms with Crippen molar-refractivity contribution in [2.75, 3.05) is 6.54 Å². The van der Waals surface area contributed by atoms with Gasteiger partial charge in [0, 0.05) is 29.7 Å². The lowest BCUT2D eigenvalue weighted by Gasteiger charge is -2.30. The lowest BCUT2D eigenvalue weighted by molar-refractivity contribution is -0.138. The minimum atomic E-state index is -2.71. The summed E-state index contributed by atoms with van der Waals surface area (Å²) in [6, 6.07) is 12.7. The number of hydrogen-bond donors (Lipinski definition) is 4. The Morgan fingerprint density at radius 2 is 1.54 bits per heavy atom. The molecule has 0 saturated carbocycles. The molecule has 0 fully saturated rings. The Hall–Kier alpha value is -3.32. The van der Waals surface area contributed by atoms with Crippen molar-refractivity contribution < 1.29 is 28.3 Å². The van der Waals surface area contributed by atoms with E-state index in [1.165, 1.54) is 6.92 Å².